The lowest BCUT2D eigenvalue weighted by molar-refractivity contribution is -0.389. The molecule has 1 atom stereocenters. The highest BCUT2D eigenvalue weighted by Crippen LogP contribution is 2.24. The standard InChI is InChI=1S/C13H14N2O.C6H7N3O3/c1-15-7-6-11-10(9-15)4-5-12(14-11)13-3-2-8-16-13;1-4-2-8-3-5(9(10)11)7-6(8)12-4/h2-5,8H,6-7,9H2,1H3;3-4H,2H2,1H3. The van der Waals surface area contributed by atoms with E-state index in [2.05, 4.69) is 28.0 Å². The average Bonchev–Trinajstić information content (AvgIpc) is 3.38. The highest BCUT2D eigenvalue weighted by Gasteiger charge is 2.28. The van der Waals surface area contributed by atoms with Gasteiger partial charge in [0.1, 0.15) is 18.0 Å². The van der Waals surface area contributed by atoms with E-state index in [-0.39, 0.29) is 11.9 Å². The van der Waals surface area contributed by atoms with Crippen LogP contribution >= 0.6 is 0 Å². The van der Waals surface area contributed by atoms with Gasteiger partial charge in [-0.3, -0.25) is 4.57 Å². The van der Waals surface area contributed by atoms with Gasteiger partial charge in [-0.1, -0.05) is 6.07 Å². The van der Waals surface area contributed by atoms with Gasteiger partial charge < -0.3 is 24.2 Å². The Bertz CT molecular complexity index is 959. The monoisotopic (exact) mass is 383 g/mol. The van der Waals surface area contributed by atoms with Crippen LogP contribution < -0.4 is 4.74 Å². The fraction of sp³-hybridized carbons (Fsp3) is 0.368. The van der Waals surface area contributed by atoms with Crippen molar-refractivity contribution in [2.24, 2.45) is 0 Å². The largest absolute Gasteiger partial charge is 0.463 e. The molecule has 0 radical (unpaired) electrons. The van der Waals surface area contributed by atoms with Gasteiger partial charge in [-0.25, -0.2) is 4.98 Å². The van der Waals surface area contributed by atoms with Crippen LogP contribution in [-0.4, -0.2) is 44.1 Å². The van der Waals surface area contributed by atoms with Crippen molar-refractivity contribution in [3.8, 4) is 17.5 Å². The minimum Gasteiger partial charge on any atom is -0.463 e. The maximum Gasteiger partial charge on any atom is 0.414 e. The first-order valence-electron chi connectivity index (χ1n) is 9.09. The zero-order valence-corrected chi connectivity index (χ0v) is 15.7. The second-order valence-electron chi connectivity index (χ2n) is 6.99. The zero-order chi connectivity index (χ0) is 19.7. The normalized spacial score (nSPS) is 17.9. The second-order valence-corrected chi connectivity index (χ2v) is 6.99. The molecule has 0 amide bonds. The number of hydrogen-bond donors (Lipinski definition) is 0. The van der Waals surface area contributed by atoms with Crippen molar-refractivity contribution in [2.75, 3.05) is 13.6 Å². The molecule has 2 aliphatic heterocycles. The predicted octanol–water partition coefficient (Wildman–Crippen LogP) is 2.90. The summed E-state index contributed by atoms with van der Waals surface area (Å²) in [5, 5.41) is 10.3. The highest BCUT2D eigenvalue weighted by molar-refractivity contribution is 5.52. The third-order valence-electron chi connectivity index (χ3n) is 4.69. The van der Waals surface area contributed by atoms with Gasteiger partial charge in [-0.05, 0) is 42.7 Å². The number of likely N-dealkylation sites (N-methyl/N-ethyl adjacent to an activating group) is 1. The molecule has 146 valence electrons. The van der Waals surface area contributed by atoms with Crippen LogP contribution in [0.2, 0.25) is 0 Å². The molecule has 3 aromatic rings. The van der Waals surface area contributed by atoms with E-state index in [4.69, 9.17) is 9.15 Å². The molecule has 0 bridgehead atoms. The molecule has 0 N–H and O–H groups in total. The Morgan fingerprint density at radius 2 is 2.14 bits per heavy atom. The molecule has 0 saturated carbocycles. The van der Waals surface area contributed by atoms with Crippen LogP contribution in [0.15, 0.2) is 41.1 Å². The van der Waals surface area contributed by atoms with Gasteiger partial charge in [0, 0.05) is 30.2 Å². The first-order valence-corrected chi connectivity index (χ1v) is 9.09. The Kier molecular flexibility index (Phi) is 4.82. The number of nitrogens with zero attached hydrogens (tertiary/aromatic N) is 5. The van der Waals surface area contributed by atoms with E-state index in [0.717, 1.165) is 31.0 Å². The predicted molar refractivity (Wildman–Crippen MR) is 101 cm³/mol. The molecule has 5 heterocycles. The van der Waals surface area contributed by atoms with E-state index >= 15 is 0 Å². The molecule has 0 fully saturated rings. The van der Waals surface area contributed by atoms with Crippen LogP contribution in [0.25, 0.3) is 11.5 Å². The summed E-state index contributed by atoms with van der Waals surface area (Å²) in [6, 6.07) is 8.38. The maximum atomic E-state index is 10.3. The van der Waals surface area contributed by atoms with E-state index in [1.165, 1.54) is 17.5 Å². The van der Waals surface area contributed by atoms with E-state index in [1.807, 2.05) is 25.1 Å². The quantitative estimate of drug-likeness (QED) is 0.495. The Balaban J connectivity index is 0.000000143. The van der Waals surface area contributed by atoms with Gasteiger partial charge in [0.25, 0.3) is 0 Å². The van der Waals surface area contributed by atoms with Gasteiger partial charge in [0.2, 0.25) is 0 Å². The minimum atomic E-state index is -0.528. The number of furan rings is 1. The van der Waals surface area contributed by atoms with Gasteiger partial charge in [-0.15, -0.1) is 0 Å². The fourth-order valence-electron chi connectivity index (χ4n) is 3.31. The number of rotatable bonds is 2. The second kappa shape index (κ2) is 7.43. The van der Waals surface area contributed by atoms with E-state index in [9.17, 15) is 10.1 Å². The topological polar surface area (TPSA) is 99.5 Å². The summed E-state index contributed by atoms with van der Waals surface area (Å²) >= 11 is 0. The summed E-state index contributed by atoms with van der Waals surface area (Å²) in [6.07, 6.45) is 4.16. The Hall–Kier alpha value is -3.20. The van der Waals surface area contributed by atoms with Crippen LogP contribution in [0.3, 0.4) is 0 Å². The number of nitro groups is 1. The summed E-state index contributed by atoms with van der Waals surface area (Å²) in [6.45, 7) is 4.61. The Morgan fingerprint density at radius 1 is 1.29 bits per heavy atom. The minimum absolute atomic E-state index is 0.0632. The van der Waals surface area contributed by atoms with Crippen molar-refractivity contribution in [3.63, 3.8) is 0 Å². The SMILES string of the molecule is CC1Cn2cc([N+](=O)[O-])nc2O1.CN1CCc2nc(-c3ccco3)ccc2C1. The first kappa shape index (κ1) is 18.2. The molecule has 28 heavy (non-hydrogen) atoms. The number of ether oxygens (including phenoxy) is 1. The number of hydrogen-bond acceptors (Lipinski definition) is 7. The lowest BCUT2D eigenvalue weighted by Gasteiger charge is -2.24. The summed E-state index contributed by atoms with van der Waals surface area (Å²) in [7, 11) is 2.14. The molecule has 9 heteroatoms. The highest BCUT2D eigenvalue weighted by atomic mass is 16.6. The number of imidazole rings is 1. The van der Waals surface area contributed by atoms with Crippen molar-refractivity contribution in [1.82, 2.24) is 19.4 Å². The smallest absolute Gasteiger partial charge is 0.414 e. The molecule has 1 unspecified atom stereocenters. The fourth-order valence-corrected chi connectivity index (χ4v) is 3.31. The molecular weight excluding hydrogens is 362 g/mol. The van der Waals surface area contributed by atoms with Crippen LogP contribution in [0, 0.1) is 10.1 Å². The van der Waals surface area contributed by atoms with Crippen molar-refractivity contribution >= 4 is 5.82 Å². The van der Waals surface area contributed by atoms with E-state index in [0.29, 0.717) is 12.6 Å². The van der Waals surface area contributed by atoms with Gasteiger partial charge in [0.05, 0.1) is 12.8 Å². The lowest BCUT2D eigenvalue weighted by atomic mass is 10.1. The van der Waals surface area contributed by atoms with Gasteiger partial charge in [-0.2, -0.15) is 0 Å². The van der Waals surface area contributed by atoms with Crippen molar-refractivity contribution < 1.29 is 14.1 Å². The molecule has 2 aliphatic rings. The molecule has 0 aromatic carbocycles. The summed E-state index contributed by atoms with van der Waals surface area (Å²) in [5.74, 6) is 0.693. The number of fused-ring (bicyclic) bond motifs is 2. The first-order chi connectivity index (χ1) is 13.5. The summed E-state index contributed by atoms with van der Waals surface area (Å²) < 4.78 is 12.2. The number of pyridine rings is 1. The van der Waals surface area contributed by atoms with Crippen LogP contribution in [0.4, 0.5) is 5.82 Å². The summed E-state index contributed by atoms with van der Waals surface area (Å²) in [5.41, 5.74) is 3.49. The van der Waals surface area contributed by atoms with Gasteiger partial charge >= 0.3 is 11.8 Å². The molecule has 3 aromatic heterocycles. The molecule has 5 rings (SSSR count). The Labute approximate surface area is 161 Å². The van der Waals surface area contributed by atoms with Crippen molar-refractivity contribution in [2.45, 2.75) is 32.5 Å². The van der Waals surface area contributed by atoms with E-state index < -0.39 is 4.92 Å². The van der Waals surface area contributed by atoms with Crippen molar-refractivity contribution in [1.29, 1.82) is 0 Å². The third-order valence-corrected chi connectivity index (χ3v) is 4.69. The molecular formula is C19H21N5O4. The molecule has 9 nitrogen and oxygen atoms in total. The van der Waals surface area contributed by atoms with Crippen LogP contribution in [-0.2, 0) is 19.5 Å². The van der Waals surface area contributed by atoms with Crippen LogP contribution in [0.1, 0.15) is 18.2 Å². The summed E-state index contributed by atoms with van der Waals surface area (Å²) in [4.78, 5) is 20.4. The molecule has 0 spiro atoms. The van der Waals surface area contributed by atoms with E-state index in [1.54, 1.807) is 10.8 Å². The molecule has 0 saturated heterocycles. The average molecular weight is 383 g/mol. The van der Waals surface area contributed by atoms with Crippen LogP contribution in [0.5, 0.6) is 6.01 Å². The molecule has 0 aliphatic carbocycles. The Morgan fingerprint density at radius 3 is 2.86 bits per heavy atom. The lowest BCUT2D eigenvalue weighted by Crippen LogP contribution is -2.27. The zero-order valence-electron chi connectivity index (χ0n) is 15.7. The van der Waals surface area contributed by atoms with Crippen molar-refractivity contribution in [3.05, 3.63) is 58.1 Å². The number of aromatic nitrogens is 3. The maximum absolute atomic E-state index is 10.3. The third kappa shape index (κ3) is 3.74. The van der Waals surface area contributed by atoms with Gasteiger partial charge in [0.15, 0.2) is 5.76 Å².